The van der Waals surface area contributed by atoms with Crippen molar-refractivity contribution in [3.8, 4) is 5.75 Å². The predicted octanol–water partition coefficient (Wildman–Crippen LogP) is -0.187. The molecule has 0 aliphatic rings. The second-order valence-corrected chi connectivity index (χ2v) is 6.56. The first-order valence-corrected chi connectivity index (χ1v) is 8.76. The number of amides is 1. The molecule has 5 N–H and O–H groups in total. The number of nitrogens with one attached hydrogen (secondary N) is 2. The number of benzene rings is 1. The Labute approximate surface area is 148 Å². The standard InChI is InChI=1S/C14H18N2O9S/c17-10-5-3-9(4-6-10)8-11(13(20)21)15-26(23,24)16-14(22)25-7-1-2-12(18)19/h3-6,11,15,17H,1-2,7-8H2,(H,16,22)(H,18,19)(H,20,21). The second kappa shape index (κ2) is 9.58. The van der Waals surface area contributed by atoms with Crippen LogP contribution in [-0.4, -0.2) is 54.4 Å². The molecule has 1 aromatic rings. The fraction of sp³-hybridized carbons (Fsp3) is 0.357. The third kappa shape index (κ3) is 8.30. The average molecular weight is 390 g/mol. The van der Waals surface area contributed by atoms with Crippen LogP contribution in [0.2, 0.25) is 0 Å². The Kier molecular flexibility index (Phi) is 7.80. The van der Waals surface area contributed by atoms with Gasteiger partial charge in [0.15, 0.2) is 0 Å². The van der Waals surface area contributed by atoms with Crippen LogP contribution in [0.3, 0.4) is 0 Å². The van der Waals surface area contributed by atoms with Gasteiger partial charge in [0.1, 0.15) is 11.8 Å². The maximum atomic E-state index is 11.8. The van der Waals surface area contributed by atoms with Crippen LogP contribution in [0.15, 0.2) is 24.3 Å². The van der Waals surface area contributed by atoms with Gasteiger partial charge in [-0.15, -0.1) is 0 Å². The van der Waals surface area contributed by atoms with E-state index in [1.165, 1.54) is 29.0 Å². The summed E-state index contributed by atoms with van der Waals surface area (Å²) < 4.78 is 31.4. The monoisotopic (exact) mass is 390 g/mol. The van der Waals surface area contributed by atoms with E-state index >= 15 is 0 Å². The highest BCUT2D eigenvalue weighted by Crippen LogP contribution is 2.11. The molecule has 1 unspecified atom stereocenters. The molecule has 26 heavy (non-hydrogen) atoms. The minimum absolute atomic E-state index is 0.00513. The zero-order valence-electron chi connectivity index (χ0n) is 13.4. The van der Waals surface area contributed by atoms with E-state index in [9.17, 15) is 27.9 Å². The van der Waals surface area contributed by atoms with Gasteiger partial charge in [0, 0.05) is 6.42 Å². The molecule has 11 nitrogen and oxygen atoms in total. The lowest BCUT2D eigenvalue weighted by Crippen LogP contribution is -2.49. The van der Waals surface area contributed by atoms with E-state index in [0.717, 1.165) is 0 Å². The number of carbonyl (C=O) groups is 3. The van der Waals surface area contributed by atoms with E-state index in [1.807, 2.05) is 0 Å². The lowest BCUT2D eigenvalue weighted by atomic mass is 10.1. The number of hydrogen-bond donors (Lipinski definition) is 5. The maximum Gasteiger partial charge on any atom is 0.421 e. The molecule has 1 aromatic carbocycles. The van der Waals surface area contributed by atoms with Crippen molar-refractivity contribution in [2.75, 3.05) is 6.61 Å². The Morgan fingerprint density at radius 1 is 1.12 bits per heavy atom. The molecule has 0 aliphatic heterocycles. The first-order valence-electron chi connectivity index (χ1n) is 7.28. The molecule has 0 aliphatic carbocycles. The van der Waals surface area contributed by atoms with E-state index in [-0.39, 0.29) is 31.6 Å². The molecule has 0 bridgehead atoms. The highest BCUT2D eigenvalue weighted by Gasteiger charge is 2.26. The molecule has 0 aromatic heterocycles. The topological polar surface area (TPSA) is 179 Å². The summed E-state index contributed by atoms with van der Waals surface area (Å²) in [6, 6.07) is 3.90. The molecular formula is C14H18N2O9S. The van der Waals surface area contributed by atoms with E-state index < -0.39 is 34.3 Å². The molecule has 1 amide bonds. The smallest absolute Gasteiger partial charge is 0.421 e. The van der Waals surface area contributed by atoms with Crippen molar-refractivity contribution >= 4 is 28.2 Å². The number of aliphatic carboxylic acids is 2. The zero-order chi connectivity index (χ0) is 19.7. The maximum absolute atomic E-state index is 11.8. The van der Waals surface area contributed by atoms with E-state index in [0.29, 0.717) is 5.56 Å². The third-order valence-corrected chi connectivity index (χ3v) is 3.99. The highest BCUT2D eigenvalue weighted by atomic mass is 32.2. The van der Waals surface area contributed by atoms with Crippen LogP contribution >= 0.6 is 0 Å². The van der Waals surface area contributed by atoms with Crippen LogP contribution in [0.4, 0.5) is 4.79 Å². The van der Waals surface area contributed by atoms with Gasteiger partial charge in [0.2, 0.25) is 0 Å². The molecule has 0 radical (unpaired) electrons. The summed E-state index contributed by atoms with van der Waals surface area (Å²) in [5.74, 6) is -2.60. The highest BCUT2D eigenvalue weighted by molar-refractivity contribution is 7.88. The largest absolute Gasteiger partial charge is 0.508 e. The third-order valence-electron chi connectivity index (χ3n) is 2.96. The van der Waals surface area contributed by atoms with E-state index in [4.69, 9.17) is 10.2 Å². The second-order valence-electron chi connectivity index (χ2n) is 5.12. The Balaban J connectivity index is 2.59. The summed E-state index contributed by atoms with van der Waals surface area (Å²) in [5, 5.41) is 26.7. The Bertz CT molecular complexity index is 746. The Morgan fingerprint density at radius 3 is 2.27 bits per heavy atom. The van der Waals surface area contributed by atoms with Crippen LogP contribution in [-0.2, 0) is 31.0 Å². The molecular weight excluding hydrogens is 372 g/mol. The molecule has 1 rings (SSSR count). The molecule has 1 atom stereocenters. The number of phenolic OH excluding ortho intramolecular Hbond substituents is 1. The van der Waals surface area contributed by atoms with Crippen LogP contribution < -0.4 is 9.44 Å². The van der Waals surface area contributed by atoms with Gasteiger partial charge < -0.3 is 20.1 Å². The fourth-order valence-electron chi connectivity index (χ4n) is 1.79. The summed E-state index contributed by atoms with van der Waals surface area (Å²) in [7, 11) is -4.53. The van der Waals surface area contributed by atoms with Crippen molar-refractivity contribution in [3.63, 3.8) is 0 Å². The van der Waals surface area contributed by atoms with E-state index in [2.05, 4.69) is 4.74 Å². The van der Waals surface area contributed by atoms with Gasteiger partial charge in [-0.1, -0.05) is 12.1 Å². The van der Waals surface area contributed by atoms with Crippen molar-refractivity contribution < 1.29 is 42.9 Å². The molecule has 0 saturated heterocycles. The predicted molar refractivity (Wildman–Crippen MR) is 86.6 cm³/mol. The fourth-order valence-corrected chi connectivity index (χ4v) is 2.69. The average Bonchev–Trinajstić information content (AvgIpc) is 2.52. The molecule has 12 heteroatoms. The van der Waals surface area contributed by atoms with Gasteiger partial charge >= 0.3 is 28.2 Å². The minimum atomic E-state index is -4.53. The van der Waals surface area contributed by atoms with Gasteiger partial charge in [-0.25, -0.2) is 9.52 Å². The summed E-state index contributed by atoms with van der Waals surface area (Å²) in [6.07, 6.45) is -1.86. The first-order chi connectivity index (χ1) is 12.1. The number of phenols is 1. The van der Waals surface area contributed by atoms with Crippen LogP contribution in [0, 0.1) is 0 Å². The van der Waals surface area contributed by atoms with Crippen molar-refractivity contribution in [1.82, 2.24) is 9.44 Å². The van der Waals surface area contributed by atoms with Gasteiger partial charge in [-0.05, 0) is 30.5 Å². The van der Waals surface area contributed by atoms with E-state index in [1.54, 1.807) is 4.72 Å². The number of rotatable bonds is 10. The SMILES string of the molecule is O=C(O)CCCOC(=O)NS(=O)(=O)NC(Cc1ccc(O)cc1)C(=O)O. The molecule has 144 valence electrons. The van der Waals surface area contributed by atoms with Gasteiger partial charge in [-0.3, -0.25) is 9.59 Å². The van der Waals surface area contributed by atoms with Gasteiger partial charge in [0.25, 0.3) is 0 Å². The summed E-state index contributed by atoms with van der Waals surface area (Å²) in [6.45, 7) is -0.316. The van der Waals surface area contributed by atoms with Crippen molar-refractivity contribution in [2.24, 2.45) is 0 Å². The summed E-state index contributed by atoms with van der Waals surface area (Å²) >= 11 is 0. The Hall–Kier alpha value is -2.86. The number of carboxylic acids is 2. The van der Waals surface area contributed by atoms with Gasteiger partial charge in [-0.2, -0.15) is 13.1 Å². The lowest BCUT2D eigenvalue weighted by molar-refractivity contribution is -0.139. The summed E-state index contributed by atoms with van der Waals surface area (Å²) in [4.78, 5) is 32.9. The number of hydrogen-bond acceptors (Lipinski definition) is 7. The first kappa shape index (κ1) is 21.2. The number of aromatic hydroxyl groups is 1. The quantitative estimate of drug-likeness (QED) is 0.338. The van der Waals surface area contributed by atoms with Crippen LogP contribution in [0.5, 0.6) is 5.75 Å². The normalized spacial score (nSPS) is 12.2. The number of ether oxygens (including phenoxy) is 1. The lowest BCUT2D eigenvalue weighted by Gasteiger charge is -2.15. The number of carbonyl (C=O) groups excluding carboxylic acids is 1. The minimum Gasteiger partial charge on any atom is -0.508 e. The molecule has 0 spiro atoms. The summed E-state index contributed by atoms with van der Waals surface area (Å²) in [5.41, 5.74) is 0.439. The van der Waals surface area contributed by atoms with Crippen molar-refractivity contribution in [1.29, 1.82) is 0 Å². The zero-order valence-corrected chi connectivity index (χ0v) is 14.2. The van der Waals surface area contributed by atoms with Gasteiger partial charge in [0.05, 0.1) is 6.61 Å². The van der Waals surface area contributed by atoms with Crippen molar-refractivity contribution in [2.45, 2.75) is 25.3 Å². The molecule has 0 heterocycles. The van der Waals surface area contributed by atoms with Crippen LogP contribution in [0.25, 0.3) is 0 Å². The van der Waals surface area contributed by atoms with Crippen LogP contribution in [0.1, 0.15) is 18.4 Å². The molecule has 0 fully saturated rings. The Morgan fingerprint density at radius 2 is 1.73 bits per heavy atom. The molecule has 0 saturated carbocycles. The van der Waals surface area contributed by atoms with Crippen molar-refractivity contribution in [3.05, 3.63) is 29.8 Å². The number of carboxylic acid groups (broad SMARTS) is 2.